The standard InChI is InChI=1S/C22H20FN3S/c1-14-11-16(15(2)26(14)18-9-7-17(23)8-10-18)13-25-22-20(12-24)19-5-3-4-6-21(19)27-22/h7-11,13H,3-6H2,1-2H3. The van der Waals surface area contributed by atoms with Gasteiger partial charge in [-0.3, -0.25) is 0 Å². The summed E-state index contributed by atoms with van der Waals surface area (Å²) in [5.74, 6) is -0.242. The molecule has 0 unspecified atom stereocenters. The molecule has 136 valence electrons. The highest BCUT2D eigenvalue weighted by Gasteiger charge is 2.20. The first kappa shape index (κ1) is 17.7. The van der Waals surface area contributed by atoms with Crippen LogP contribution in [-0.2, 0) is 12.8 Å². The molecule has 0 N–H and O–H groups in total. The molecule has 5 heteroatoms. The van der Waals surface area contributed by atoms with Crippen molar-refractivity contribution in [3.05, 3.63) is 69.1 Å². The van der Waals surface area contributed by atoms with E-state index in [1.54, 1.807) is 23.5 Å². The second-order valence-electron chi connectivity index (χ2n) is 6.90. The second kappa shape index (κ2) is 7.13. The van der Waals surface area contributed by atoms with E-state index >= 15 is 0 Å². The van der Waals surface area contributed by atoms with Crippen LogP contribution in [0.3, 0.4) is 0 Å². The van der Waals surface area contributed by atoms with Crippen LogP contribution in [0.1, 0.15) is 45.8 Å². The minimum atomic E-state index is -0.242. The predicted molar refractivity (Wildman–Crippen MR) is 108 cm³/mol. The van der Waals surface area contributed by atoms with Crippen LogP contribution in [0.25, 0.3) is 5.69 Å². The van der Waals surface area contributed by atoms with Crippen LogP contribution in [-0.4, -0.2) is 10.8 Å². The number of benzene rings is 1. The lowest BCUT2D eigenvalue weighted by molar-refractivity contribution is 0.627. The van der Waals surface area contributed by atoms with Crippen molar-refractivity contribution in [1.29, 1.82) is 5.26 Å². The molecule has 3 aromatic rings. The molecule has 2 aromatic heterocycles. The van der Waals surface area contributed by atoms with E-state index in [0.29, 0.717) is 0 Å². The molecule has 0 spiro atoms. The van der Waals surface area contributed by atoms with E-state index in [1.165, 1.54) is 29.0 Å². The number of hydrogen-bond donors (Lipinski definition) is 0. The van der Waals surface area contributed by atoms with Crippen molar-refractivity contribution in [2.24, 2.45) is 4.99 Å². The van der Waals surface area contributed by atoms with Gasteiger partial charge >= 0.3 is 0 Å². The molecule has 3 nitrogen and oxygen atoms in total. The fourth-order valence-electron chi connectivity index (χ4n) is 3.79. The van der Waals surface area contributed by atoms with Crippen molar-refractivity contribution in [3.8, 4) is 11.8 Å². The Kier molecular flexibility index (Phi) is 4.67. The Bertz CT molecular complexity index is 1060. The average Bonchev–Trinajstić information content (AvgIpc) is 3.17. The monoisotopic (exact) mass is 377 g/mol. The summed E-state index contributed by atoms with van der Waals surface area (Å²) >= 11 is 1.65. The Morgan fingerprint density at radius 3 is 2.67 bits per heavy atom. The normalized spacial score (nSPS) is 13.7. The summed E-state index contributed by atoms with van der Waals surface area (Å²) < 4.78 is 15.3. The molecular weight excluding hydrogens is 357 g/mol. The first-order valence-electron chi connectivity index (χ1n) is 9.12. The van der Waals surface area contributed by atoms with Crippen molar-refractivity contribution in [2.45, 2.75) is 39.5 Å². The van der Waals surface area contributed by atoms with Crippen molar-refractivity contribution in [1.82, 2.24) is 4.57 Å². The van der Waals surface area contributed by atoms with Gasteiger partial charge in [-0.1, -0.05) is 0 Å². The summed E-state index contributed by atoms with van der Waals surface area (Å²) in [5.41, 5.74) is 5.99. The van der Waals surface area contributed by atoms with Crippen molar-refractivity contribution >= 4 is 22.6 Å². The largest absolute Gasteiger partial charge is 0.318 e. The molecule has 0 saturated carbocycles. The SMILES string of the molecule is Cc1cc(C=Nc2sc3c(c2C#N)CCCC3)c(C)n1-c1ccc(F)cc1. The lowest BCUT2D eigenvalue weighted by Gasteiger charge is -2.09. The average molecular weight is 377 g/mol. The smallest absolute Gasteiger partial charge is 0.134 e. The number of rotatable bonds is 3. The van der Waals surface area contributed by atoms with Gasteiger partial charge in [0.25, 0.3) is 0 Å². The highest BCUT2D eigenvalue weighted by atomic mass is 32.1. The Hall–Kier alpha value is -2.71. The first-order chi connectivity index (χ1) is 13.1. The van der Waals surface area contributed by atoms with Gasteiger partial charge in [-0.2, -0.15) is 5.26 Å². The third-order valence-corrected chi connectivity index (χ3v) is 6.34. The molecule has 1 aliphatic carbocycles. The number of aryl methyl sites for hydroxylation is 2. The van der Waals surface area contributed by atoms with Gasteiger partial charge in [-0.15, -0.1) is 11.3 Å². The minimum Gasteiger partial charge on any atom is -0.318 e. The van der Waals surface area contributed by atoms with Crippen molar-refractivity contribution < 1.29 is 4.39 Å². The van der Waals surface area contributed by atoms with E-state index in [2.05, 4.69) is 21.7 Å². The van der Waals surface area contributed by atoms with Crippen LogP contribution in [0.15, 0.2) is 35.3 Å². The van der Waals surface area contributed by atoms with E-state index in [9.17, 15) is 9.65 Å². The maximum absolute atomic E-state index is 13.2. The second-order valence-corrected chi connectivity index (χ2v) is 7.98. The van der Waals surface area contributed by atoms with E-state index in [-0.39, 0.29) is 5.82 Å². The first-order valence-corrected chi connectivity index (χ1v) is 9.93. The molecule has 0 fully saturated rings. The number of hydrogen-bond acceptors (Lipinski definition) is 3. The highest BCUT2D eigenvalue weighted by molar-refractivity contribution is 7.16. The number of aromatic nitrogens is 1. The summed E-state index contributed by atoms with van der Waals surface area (Å²) in [7, 11) is 0. The van der Waals surface area contributed by atoms with Crippen molar-refractivity contribution in [2.75, 3.05) is 0 Å². The summed E-state index contributed by atoms with van der Waals surface area (Å²) in [6.45, 7) is 4.06. The van der Waals surface area contributed by atoms with Gasteiger partial charge in [0.05, 0.1) is 5.56 Å². The van der Waals surface area contributed by atoms with E-state index < -0.39 is 0 Å². The van der Waals surface area contributed by atoms with Gasteiger partial charge in [0.2, 0.25) is 0 Å². The lowest BCUT2D eigenvalue weighted by atomic mass is 9.96. The van der Waals surface area contributed by atoms with Gasteiger partial charge in [0.1, 0.15) is 16.9 Å². The molecule has 0 amide bonds. The van der Waals surface area contributed by atoms with E-state index in [1.807, 2.05) is 20.1 Å². The molecule has 4 rings (SSSR count). The number of fused-ring (bicyclic) bond motifs is 1. The van der Waals surface area contributed by atoms with Crippen LogP contribution < -0.4 is 0 Å². The number of halogens is 1. The molecular formula is C22H20FN3S. The predicted octanol–water partition coefficient (Wildman–Crippen LogP) is 5.80. The topological polar surface area (TPSA) is 41.1 Å². The Balaban J connectivity index is 1.70. The Morgan fingerprint density at radius 2 is 1.93 bits per heavy atom. The summed E-state index contributed by atoms with van der Waals surface area (Å²) in [6.07, 6.45) is 6.24. The molecule has 1 aromatic carbocycles. The summed E-state index contributed by atoms with van der Waals surface area (Å²) in [4.78, 5) is 5.99. The third-order valence-electron chi connectivity index (χ3n) is 5.14. The fourth-order valence-corrected chi connectivity index (χ4v) is 4.98. The van der Waals surface area contributed by atoms with E-state index in [4.69, 9.17) is 0 Å². The molecule has 1 aliphatic rings. The Labute approximate surface area is 162 Å². The zero-order valence-corrected chi connectivity index (χ0v) is 16.2. The molecule has 0 saturated heterocycles. The quantitative estimate of drug-likeness (QED) is 0.532. The molecule has 0 aliphatic heterocycles. The number of aliphatic imine (C=N–C) groups is 1. The molecule has 0 bridgehead atoms. The number of nitrogens with zero attached hydrogens (tertiary/aromatic N) is 3. The maximum atomic E-state index is 13.2. The van der Waals surface area contributed by atoms with Gasteiger partial charge in [-0.05, 0) is 75.4 Å². The lowest BCUT2D eigenvalue weighted by Crippen LogP contribution is -1.99. The van der Waals surface area contributed by atoms with Crippen LogP contribution in [0, 0.1) is 31.0 Å². The number of nitriles is 1. The zero-order chi connectivity index (χ0) is 19.0. The third kappa shape index (κ3) is 3.22. The molecule has 0 radical (unpaired) electrons. The van der Waals surface area contributed by atoms with Gasteiger partial charge in [0.15, 0.2) is 0 Å². The molecule has 2 heterocycles. The van der Waals surface area contributed by atoms with Gasteiger partial charge in [-0.25, -0.2) is 9.38 Å². The van der Waals surface area contributed by atoms with Crippen LogP contribution >= 0.6 is 11.3 Å². The van der Waals surface area contributed by atoms with Crippen LogP contribution in [0.5, 0.6) is 0 Å². The zero-order valence-electron chi connectivity index (χ0n) is 15.4. The molecule has 0 atom stereocenters. The van der Waals surface area contributed by atoms with Gasteiger partial charge in [0, 0.05) is 33.7 Å². The highest BCUT2D eigenvalue weighted by Crippen LogP contribution is 2.39. The van der Waals surface area contributed by atoms with Crippen LogP contribution in [0.2, 0.25) is 0 Å². The Morgan fingerprint density at radius 1 is 1.19 bits per heavy atom. The summed E-state index contributed by atoms with van der Waals surface area (Å²) in [5, 5.41) is 10.4. The number of thiophene rings is 1. The maximum Gasteiger partial charge on any atom is 0.134 e. The van der Waals surface area contributed by atoms with Crippen molar-refractivity contribution in [3.63, 3.8) is 0 Å². The minimum absolute atomic E-state index is 0.242. The molecule has 27 heavy (non-hydrogen) atoms. The van der Waals surface area contributed by atoms with Crippen LogP contribution in [0.4, 0.5) is 9.39 Å². The fraction of sp³-hybridized carbons (Fsp3) is 0.273. The van der Waals surface area contributed by atoms with Gasteiger partial charge < -0.3 is 4.57 Å². The van der Waals surface area contributed by atoms with E-state index in [0.717, 1.165) is 52.5 Å². The summed E-state index contributed by atoms with van der Waals surface area (Å²) in [6, 6.07) is 10.9.